The van der Waals surface area contributed by atoms with E-state index in [9.17, 15) is 4.79 Å². The number of nitrogens with zero attached hydrogens (tertiary/aromatic N) is 1. The standard InChI is InChI=1S/C8H11NO2.ClH/c1-2-7-3-4-9(5-7)6-8(10)11;/h2-4,7H,1,5-6H2,(H,10,11);1H. The number of hydrogen-bond acceptors (Lipinski definition) is 2. The molecule has 1 rings (SSSR count). The van der Waals surface area contributed by atoms with Gasteiger partial charge in [-0.25, -0.2) is 0 Å². The number of carbonyl (C=O) groups is 1. The van der Waals surface area contributed by atoms with Gasteiger partial charge >= 0.3 is 5.97 Å². The molecule has 1 aliphatic rings. The van der Waals surface area contributed by atoms with Crippen LogP contribution in [-0.4, -0.2) is 29.1 Å². The molecule has 1 heterocycles. The number of carboxylic acid groups (broad SMARTS) is 1. The lowest BCUT2D eigenvalue weighted by atomic mass is 10.2. The maximum Gasteiger partial charge on any atom is 0.323 e. The van der Waals surface area contributed by atoms with Crippen LogP contribution in [0.2, 0.25) is 0 Å². The van der Waals surface area contributed by atoms with Gasteiger partial charge in [-0.3, -0.25) is 4.79 Å². The summed E-state index contributed by atoms with van der Waals surface area (Å²) in [6.07, 6.45) is 5.58. The molecule has 1 N–H and O–H groups in total. The van der Waals surface area contributed by atoms with Crippen LogP contribution in [0.1, 0.15) is 0 Å². The van der Waals surface area contributed by atoms with Crippen molar-refractivity contribution in [2.75, 3.05) is 13.1 Å². The first-order chi connectivity index (χ1) is 5.22. The summed E-state index contributed by atoms with van der Waals surface area (Å²) in [5, 5.41) is 8.43. The summed E-state index contributed by atoms with van der Waals surface area (Å²) < 4.78 is 0. The Balaban J connectivity index is 0.00000121. The topological polar surface area (TPSA) is 40.5 Å². The summed E-state index contributed by atoms with van der Waals surface area (Å²) in [6.45, 7) is 4.46. The highest BCUT2D eigenvalue weighted by atomic mass is 35.5. The van der Waals surface area contributed by atoms with E-state index in [2.05, 4.69) is 6.58 Å². The number of aliphatic carboxylic acids is 1. The van der Waals surface area contributed by atoms with Gasteiger partial charge in [-0.2, -0.15) is 0 Å². The minimum atomic E-state index is -0.792. The van der Waals surface area contributed by atoms with E-state index >= 15 is 0 Å². The van der Waals surface area contributed by atoms with Gasteiger partial charge in [0.15, 0.2) is 0 Å². The van der Waals surface area contributed by atoms with E-state index in [1.54, 1.807) is 11.1 Å². The van der Waals surface area contributed by atoms with Gasteiger partial charge in [0.2, 0.25) is 0 Å². The Morgan fingerprint density at radius 2 is 2.50 bits per heavy atom. The van der Waals surface area contributed by atoms with Gasteiger partial charge in [0, 0.05) is 12.5 Å². The predicted molar refractivity (Wildman–Crippen MR) is 49.3 cm³/mol. The Morgan fingerprint density at radius 3 is 2.92 bits per heavy atom. The molecule has 4 heteroatoms. The second-order valence-electron chi connectivity index (χ2n) is 2.56. The maximum absolute atomic E-state index is 10.2. The Hall–Kier alpha value is -0.960. The summed E-state index contributed by atoms with van der Waals surface area (Å²) in [4.78, 5) is 12.0. The molecule has 0 radical (unpaired) electrons. The van der Waals surface area contributed by atoms with E-state index in [0.29, 0.717) is 5.92 Å². The van der Waals surface area contributed by atoms with Crippen molar-refractivity contribution < 1.29 is 9.90 Å². The molecule has 0 aromatic rings. The smallest absolute Gasteiger partial charge is 0.323 e. The van der Waals surface area contributed by atoms with E-state index in [1.165, 1.54) is 0 Å². The predicted octanol–water partition coefficient (Wildman–Crippen LogP) is 1.12. The molecule has 1 atom stereocenters. The molecule has 0 aromatic heterocycles. The molecule has 0 saturated carbocycles. The van der Waals surface area contributed by atoms with E-state index < -0.39 is 5.97 Å². The molecule has 0 bridgehead atoms. The number of carboxylic acids is 1. The largest absolute Gasteiger partial charge is 0.480 e. The van der Waals surface area contributed by atoms with Crippen LogP contribution in [0.25, 0.3) is 0 Å². The van der Waals surface area contributed by atoms with Gasteiger partial charge in [-0.05, 0) is 6.20 Å². The highest BCUT2D eigenvalue weighted by molar-refractivity contribution is 5.85. The van der Waals surface area contributed by atoms with Gasteiger partial charge in [-0.1, -0.05) is 12.2 Å². The molecule has 3 nitrogen and oxygen atoms in total. The zero-order valence-electron chi connectivity index (χ0n) is 6.64. The minimum Gasteiger partial charge on any atom is -0.480 e. The van der Waals surface area contributed by atoms with E-state index in [4.69, 9.17) is 5.11 Å². The fourth-order valence-electron chi connectivity index (χ4n) is 1.07. The summed E-state index contributed by atoms with van der Waals surface area (Å²) in [5.74, 6) is -0.478. The fraction of sp³-hybridized carbons (Fsp3) is 0.375. The van der Waals surface area contributed by atoms with Crippen molar-refractivity contribution in [3.63, 3.8) is 0 Å². The Kier molecular flexibility index (Phi) is 4.44. The van der Waals surface area contributed by atoms with Crippen molar-refractivity contribution in [3.05, 3.63) is 24.9 Å². The molecule has 0 saturated heterocycles. The third-order valence-electron chi connectivity index (χ3n) is 1.63. The normalized spacial score (nSPS) is 20.3. The second-order valence-corrected chi connectivity index (χ2v) is 2.56. The molecule has 0 aliphatic carbocycles. The van der Waals surface area contributed by atoms with Crippen molar-refractivity contribution in [3.8, 4) is 0 Å². The first kappa shape index (κ1) is 11.0. The number of rotatable bonds is 3. The van der Waals surface area contributed by atoms with Crippen molar-refractivity contribution in [1.82, 2.24) is 4.90 Å². The van der Waals surface area contributed by atoms with Crippen LogP contribution in [0.3, 0.4) is 0 Å². The van der Waals surface area contributed by atoms with Crippen LogP contribution in [0.5, 0.6) is 0 Å². The van der Waals surface area contributed by atoms with E-state index in [1.807, 2.05) is 12.2 Å². The third kappa shape index (κ3) is 2.96. The lowest BCUT2D eigenvalue weighted by Gasteiger charge is -2.12. The lowest BCUT2D eigenvalue weighted by molar-refractivity contribution is -0.137. The molecule has 1 unspecified atom stereocenters. The van der Waals surface area contributed by atoms with Gasteiger partial charge < -0.3 is 10.0 Å². The zero-order valence-corrected chi connectivity index (χ0v) is 7.46. The van der Waals surface area contributed by atoms with Crippen LogP contribution in [0.15, 0.2) is 24.9 Å². The summed E-state index contributed by atoms with van der Waals surface area (Å²) in [5.41, 5.74) is 0. The van der Waals surface area contributed by atoms with Crippen LogP contribution in [0.4, 0.5) is 0 Å². The monoisotopic (exact) mass is 189 g/mol. The van der Waals surface area contributed by atoms with Gasteiger partial charge in [0.1, 0.15) is 6.54 Å². The van der Waals surface area contributed by atoms with Crippen LogP contribution in [0, 0.1) is 5.92 Å². The van der Waals surface area contributed by atoms with Gasteiger partial charge in [-0.15, -0.1) is 19.0 Å². The highest BCUT2D eigenvalue weighted by Gasteiger charge is 2.14. The fourth-order valence-corrected chi connectivity index (χ4v) is 1.07. The molecular weight excluding hydrogens is 178 g/mol. The molecular formula is C8H12ClNO2. The molecule has 12 heavy (non-hydrogen) atoms. The maximum atomic E-state index is 10.2. The average Bonchev–Trinajstić information content (AvgIpc) is 2.34. The summed E-state index contributed by atoms with van der Waals surface area (Å²) >= 11 is 0. The van der Waals surface area contributed by atoms with Crippen molar-refractivity contribution in [1.29, 1.82) is 0 Å². The van der Waals surface area contributed by atoms with Crippen molar-refractivity contribution in [2.24, 2.45) is 5.92 Å². The first-order valence-electron chi connectivity index (χ1n) is 3.49. The summed E-state index contributed by atoms with van der Waals surface area (Å²) in [7, 11) is 0. The second kappa shape index (κ2) is 4.83. The molecule has 0 fully saturated rings. The quantitative estimate of drug-likeness (QED) is 0.677. The molecule has 0 spiro atoms. The lowest BCUT2D eigenvalue weighted by Crippen LogP contribution is -2.24. The SMILES string of the molecule is C=CC1C=CN(CC(=O)O)C1.Cl. The molecule has 1 aliphatic heterocycles. The zero-order chi connectivity index (χ0) is 8.27. The molecule has 0 amide bonds. The Morgan fingerprint density at radius 1 is 1.83 bits per heavy atom. The van der Waals surface area contributed by atoms with E-state index in [0.717, 1.165) is 6.54 Å². The van der Waals surface area contributed by atoms with E-state index in [-0.39, 0.29) is 19.0 Å². The molecule has 0 aromatic carbocycles. The Labute approximate surface area is 77.8 Å². The highest BCUT2D eigenvalue weighted by Crippen LogP contribution is 2.11. The van der Waals surface area contributed by atoms with Crippen LogP contribution in [-0.2, 0) is 4.79 Å². The van der Waals surface area contributed by atoms with Gasteiger partial charge in [0.25, 0.3) is 0 Å². The first-order valence-corrected chi connectivity index (χ1v) is 3.49. The minimum absolute atomic E-state index is 0. The van der Waals surface area contributed by atoms with Crippen LogP contribution >= 0.6 is 12.4 Å². The van der Waals surface area contributed by atoms with Gasteiger partial charge in [0.05, 0.1) is 0 Å². The average molecular weight is 190 g/mol. The molecule has 68 valence electrons. The number of hydrogen-bond donors (Lipinski definition) is 1. The van der Waals surface area contributed by atoms with Crippen LogP contribution < -0.4 is 0 Å². The summed E-state index contributed by atoms with van der Waals surface area (Å²) in [6, 6.07) is 0. The number of halogens is 1. The van der Waals surface area contributed by atoms with Crippen molar-refractivity contribution in [2.45, 2.75) is 0 Å². The third-order valence-corrected chi connectivity index (χ3v) is 1.63. The van der Waals surface area contributed by atoms with Crippen molar-refractivity contribution >= 4 is 18.4 Å². The Bertz CT molecular complexity index is 203.